The Kier molecular flexibility index (Phi) is 8.04. The van der Waals surface area contributed by atoms with Crippen molar-refractivity contribution in [1.29, 1.82) is 0 Å². The molecule has 5 aromatic carbocycles. The topological polar surface area (TPSA) is 18.1 Å². The average Bonchev–Trinajstić information content (AvgIpc) is 4.02. The van der Waals surface area contributed by atoms with E-state index in [1.165, 1.54) is 89.6 Å². The monoisotopic (exact) mass is 785 g/mol. The second-order valence-corrected chi connectivity index (χ2v) is 17.9. The van der Waals surface area contributed by atoms with Crippen LogP contribution in [0.1, 0.15) is 97.7 Å². The maximum absolute atomic E-state index is 6.66. The average molecular weight is 786 g/mol. The van der Waals surface area contributed by atoms with E-state index in [0.717, 1.165) is 77.5 Å². The first-order chi connectivity index (χ1) is 29.9. The second-order valence-electron chi connectivity index (χ2n) is 17.9. The lowest BCUT2D eigenvalue weighted by molar-refractivity contribution is 0.515. The molecule has 2 nitrogen and oxygen atoms in total. The van der Waals surface area contributed by atoms with Crippen LogP contribution in [0.2, 0.25) is 0 Å². The molecule has 0 radical (unpaired) electrons. The van der Waals surface area contributed by atoms with Crippen LogP contribution in [-0.4, -0.2) is 4.57 Å². The van der Waals surface area contributed by atoms with Crippen LogP contribution in [0, 0.1) is 12.1 Å². The summed E-state index contributed by atoms with van der Waals surface area (Å²) < 4.78 is 9.23. The van der Waals surface area contributed by atoms with Crippen molar-refractivity contribution in [2.45, 2.75) is 71.1 Å². The molecule has 5 aliphatic carbocycles. The molecular weight excluding hydrogens is 739 g/mol. The normalized spacial score (nSPS) is 16.7. The van der Waals surface area contributed by atoms with E-state index in [0.29, 0.717) is 0 Å². The number of aromatic nitrogens is 1. The van der Waals surface area contributed by atoms with Crippen LogP contribution in [0.15, 0.2) is 131 Å². The molecule has 0 N–H and O–H groups in total. The molecule has 2 aromatic heterocycles. The Balaban J connectivity index is 1.03. The molecule has 294 valence electrons. The molecule has 2 heteroatoms. The Bertz CT molecular complexity index is 3290. The summed E-state index contributed by atoms with van der Waals surface area (Å²) >= 11 is 0. The van der Waals surface area contributed by atoms with E-state index >= 15 is 0 Å². The number of hydrogen-bond donors (Lipinski definition) is 0. The van der Waals surface area contributed by atoms with E-state index in [1.807, 2.05) is 19.1 Å². The largest absolute Gasteiger partial charge is 0.456 e. The van der Waals surface area contributed by atoms with Crippen molar-refractivity contribution in [3.63, 3.8) is 0 Å². The number of nitrogens with zero attached hydrogens (tertiary/aromatic N) is 1. The molecule has 0 unspecified atom stereocenters. The Morgan fingerprint density at radius 2 is 1.66 bits per heavy atom. The smallest absolute Gasteiger partial charge is 0.138 e. The molecule has 61 heavy (non-hydrogen) atoms. The first kappa shape index (κ1) is 36.1. The van der Waals surface area contributed by atoms with Gasteiger partial charge >= 0.3 is 0 Å². The van der Waals surface area contributed by atoms with E-state index in [1.54, 1.807) is 5.57 Å². The molecule has 0 fully saturated rings. The minimum absolute atomic E-state index is 0.132. The molecule has 0 bridgehead atoms. The van der Waals surface area contributed by atoms with Gasteiger partial charge in [-0.2, -0.15) is 0 Å². The zero-order chi connectivity index (χ0) is 41.0. The summed E-state index contributed by atoms with van der Waals surface area (Å²) in [5.41, 5.74) is 26.0. The van der Waals surface area contributed by atoms with Crippen molar-refractivity contribution >= 4 is 46.4 Å². The highest BCUT2D eigenvalue weighted by Gasteiger charge is 2.41. The summed E-state index contributed by atoms with van der Waals surface area (Å²) in [6.45, 7) is 11.1. The minimum atomic E-state index is -0.132. The fraction of sp³-hybridized carbons (Fsp3) is 0.186. The number of furan rings is 1. The summed E-state index contributed by atoms with van der Waals surface area (Å²) in [5.74, 6) is 0.891. The number of rotatable bonds is 6. The maximum Gasteiger partial charge on any atom is 0.138 e. The third kappa shape index (κ3) is 5.36. The lowest BCUT2D eigenvalue weighted by Crippen LogP contribution is -2.28. The molecule has 5 aliphatic rings. The van der Waals surface area contributed by atoms with Gasteiger partial charge in [0, 0.05) is 49.7 Å². The first-order valence-electron chi connectivity index (χ1n) is 22.1. The van der Waals surface area contributed by atoms with Gasteiger partial charge in [0.05, 0.1) is 5.52 Å². The third-order valence-electron chi connectivity index (χ3n) is 14.2. The van der Waals surface area contributed by atoms with Crippen molar-refractivity contribution in [2.75, 3.05) is 0 Å². The van der Waals surface area contributed by atoms with E-state index in [-0.39, 0.29) is 5.41 Å². The van der Waals surface area contributed by atoms with Gasteiger partial charge < -0.3 is 8.98 Å². The second kappa shape index (κ2) is 13.6. The quantitative estimate of drug-likeness (QED) is 0.164. The highest BCUT2D eigenvalue weighted by molar-refractivity contribution is 5.99. The van der Waals surface area contributed by atoms with Crippen LogP contribution < -0.4 is 10.6 Å². The highest BCUT2D eigenvalue weighted by Crippen LogP contribution is 2.55. The predicted molar refractivity (Wildman–Crippen MR) is 255 cm³/mol. The first-order valence-corrected chi connectivity index (χ1v) is 22.1. The summed E-state index contributed by atoms with van der Waals surface area (Å²) in [7, 11) is 0. The summed E-state index contributed by atoms with van der Waals surface area (Å²) in [5, 5.41) is 2.45. The van der Waals surface area contributed by atoms with E-state index in [9.17, 15) is 0 Å². The van der Waals surface area contributed by atoms with Gasteiger partial charge in [0.2, 0.25) is 0 Å². The van der Waals surface area contributed by atoms with Gasteiger partial charge in [0.1, 0.15) is 11.2 Å². The molecule has 2 heterocycles. The molecule has 12 rings (SSSR count). The predicted octanol–water partition coefficient (Wildman–Crippen LogP) is 13.6. The zero-order valence-electron chi connectivity index (χ0n) is 35.2. The SMILES string of the molecule is C=Cc1c(/C=C\C)oc2c1=CCCC=2C1=Cc2c(n(-c3ccc4c(c3)C(C)(C)c3c-4ccc4c3C3=C(CCC=C3)C4)c3ccc(-c4c#cc(-c5ccccc5)cc4)cc23)CC1. The molecular formula is C59H47NO. The fourth-order valence-corrected chi connectivity index (χ4v) is 11.4. The van der Waals surface area contributed by atoms with Gasteiger partial charge in [-0.1, -0.05) is 123 Å². The molecule has 0 aliphatic heterocycles. The Labute approximate surface area is 358 Å². The van der Waals surface area contributed by atoms with Crippen LogP contribution in [0.3, 0.4) is 0 Å². The van der Waals surface area contributed by atoms with E-state index < -0.39 is 0 Å². The maximum atomic E-state index is 6.66. The molecule has 0 spiro atoms. The molecule has 0 amide bonds. The van der Waals surface area contributed by atoms with Gasteiger partial charge in [-0.25, -0.2) is 0 Å². The van der Waals surface area contributed by atoms with Gasteiger partial charge in [-0.15, -0.1) is 0 Å². The van der Waals surface area contributed by atoms with Crippen molar-refractivity contribution in [3.8, 4) is 39.1 Å². The van der Waals surface area contributed by atoms with Crippen LogP contribution in [0.25, 0.3) is 85.4 Å². The van der Waals surface area contributed by atoms with Gasteiger partial charge in [-0.3, -0.25) is 0 Å². The van der Waals surface area contributed by atoms with Crippen molar-refractivity contribution in [3.05, 3.63) is 195 Å². The van der Waals surface area contributed by atoms with Crippen molar-refractivity contribution in [1.82, 2.24) is 4.57 Å². The number of benzene rings is 4. The molecule has 0 saturated carbocycles. The molecule has 7 aromatic rings. The van der Waals surface area contributed by atoms with E-state index in [2.05, 4.69) is 159 Å². The van der Waals surface area contributed by atoms with Crippen molar-refractivity contribution in [2.24, 2.45) is 0 Å². The molecule has 0 saturated heterocycles. The van der Waals surface area contributed by atoms with Crippen LogP contribution in [0.5, 0.6) is 0 Å². The van der Waals surface area contributed by atoms with Gasteiger partial charge in [0.15, 0.2) is 0 Å². The standard InChI is InChI=1S/C59H47NO/c1-5-13-55-44(6-2)49-19-12-18-46(58(49)61-55)41-26-31-54-51(34-41)50-33-39(38-22-20-37(21-23-38)36-14-8-7-9-15-36)25-30-53(50)60(54)43-27-29-47-48-28-24-42-32-40-16-10-11-17-45(40)56(42)57(48)59(3,4)52(47)35-43/h5-9,11,13-15,17,19-20,22,24-25,27-30,33-35H,2,10,12,16,18,26,31-32H2,1,3-4H3/b13-5-. The molecule has 0 atom stereocenters. The number of hydrogen-bond acceptors (Lipinski definition) is 1. The lowest BCUT2D eigenvalue weighted by atomic mass is 9.78. The number of allylic oxidation sites excluding steroid dienone is 6. The summed E-state index contributed by atoms with van der Waals surface area (Å²) in [6, 6.07) is 40.9. The summed E-state index contributed by atoms with van der Waals surface area (Å²) in [4.78, 5) is 0. The highest BCUT2D eigenvalue weighted by atomic mass is 16.3. The van der Waals surface area contributed by atoms with Crippen LogP contribution >= 0.6 is 0 Å². The number of fused-ring (bicyclic) bond motifs is 10. The third-order valence-corrected chi connectivity index (χ3v) is 14.2. The minimum Gasteiger partial charge on any atom is -0.456 e. The van der Waals surface area contributed by atoms with Crippen LogP contribution in [0.4, 0.5) is 0 Å². The Hall–Kier alpha value is -6.82. The van der Waals surface area contributed by atoms with Gasteiger partial charge in [-0.05, 0) is 162 Å². The fourth-order valence-electron chi connectivity index (χ4n) is 11.4. The summed E-state index contributed by atoms with van der Waals surface area (Å²) in [6.07, 6.45) is 23.0. The zero-order valence-corrected chi connectivity index (χ0v) is 35.2. The van der Waals surface area contributed by atoms with Crippen LogP contribution in [-0.2, 0) is 18.3 Å². The lowest BCUT2D eigenvalue weighted by Gasteiger charge is -2.26. The Morgan fingerprint density at radius 3 is 2.48 bits per heavy atom. The van der Waals surface area contributed by atoms with Crippen molar-refractivity contribution < 1.29 is 4.42 Å². The van der Waals surface area contributed by atoms with E-state index in [4.69, 9.17) is 4.42 Å². The van der Waals surface area contributed by atoms with Gasteiger partial charge in [0.25, 0.3) is 0 Å². The Morgan fingerprint density at radius 1 is 0.820 bits per heavy atom.